The van der Waals surface area contributed by atoms with Crippen molar-refractivity contribution in [1.82, 2.24) is 24.5 Å². The van der Waals surface area contributed by atoms with Gasteiger partial charge in [0, 0.05) is 34.6 Å². The number of hydrogen-bond acceptors (Lipinski definition) is 5. The topological polar surface area (TPSA) is 92.3 Å². The van der Waals surface area contributed by atoms with Crippen LogP contribution in [-0.4, -0.2) is 49.5 Å². The van der Waals surface area contributed by atoms with E-state index in [0.717, 1.165) is 18.6 Å². The molecule has 8 heteroatoms. The summed E-state index contributed by atoms with van der Waals surface area (Å²) in [5.41, 5.74) is 14.0. The molecule has 34 heavy (non-hydrogen) atoms. The van der Waals surface area contributed by atoms with Crippen LogP contribution in [0.2, 0.25) is 0 Å². The molecule has 1 aliphatic carbocycles. The van der Waals surface area contributed by atoms with E-state index in [1.807, 2.05) is 15.9 Å². The van der Waals surface area contributed by atoms with Gasteiger partial charge in [-0.15, -0.1) is 11.3 Å². The third kappa shape index (κ3) is 3.08. The lowest BCUT2D eigenvalue weighted by Crippen LogP contribution is -2.40. The monoisotopic (exact) mass is 476 g/mol. The van der Waals surface area contributed by atoms with E-state index in [1.54, 1.807) is 6.33 Å². The molecule has 0 aromatic carbocycles. The van der Waals surface area contributed by atoms with E-state index < -0.39 is 0 Å². The minimum absolute atomic E-state index is 0.214. The zero-order chi connectivity index (χ0) is 23.9. The number of nitrogens with zero attached hydrogens (tertiary/aromatic N) is 4. The molecule has 4 aromatic heterocycles. The SMILES string of the molecule is Cc1c(-c2[nH]c3sc([C@@H]4CC5C[C@H]4CN5CC(N)=O)c(C)c3c2C(C)C)cn2ncnc2c1C. The highest BCUT2D eigenvalue weighted by molar-refractivity contribution is 7.19. The number of primary amides is 1. The Morgan fingerprint density at radius 2 is 2.03 bits per heavy atom. The van der Waals surface area contributed by atoms with Gasteiger partial charge >= 0.3 is 0 Å². The van der Waals surface area contributed by atoms with Gasteiger partial charge in [0.2, 0.25) is 5.91 Å². The highest BCUT2D eigenvalue weighted by Crippen LogP contribution is 2.53. The zero-order valence-corrected chi connectivity index (χ0v) is 21.3. The second-order valence-corrected chi connectivity index (χ2v) is 11.6. The number of aromatic nitrogens is 4. The molecule has 3 N–H and O–H groups in total. The van der Waals surface area contributed by atoms with Crippen LogP contribution >= 0.6 is 11.3 Å². The molecule has 1 unspecified atom stereocenters. The maximum atomic E-state index is 11.4. The molecule has 2 fully saturated rings. The molecule has 3 atom stereocenters. The number of thiophene rings is 1. The average molecular weight is 477 g/mol. The van der Waals surface area contributed by atoms with Gasteiger partial charge in [-0.1, -0.05) is 13.8 Å². The molecule has 1 saturated carbocycles. The molecule has 0 spiro atoms. The first-order valence-corrected chi connectivity index (χ1v) is 13.0. The van der Waals surface area contributed by atoms with Gasteiger partial charge in [0.1, 0.15) is 11.2 Å². The average Bonchev–Trinajstić information content (AvgIpc) is 3.57. The van der Waals surface area contributed by atoms with E-state index in [0.29, 0.717) is 30.3 Å². The molecule has 4 aromatic rings. The first kappa shape index (κ1) is 21.8. The summed E-state index contributed by atoms with van der Waals surface area (Å²) in [6.07, 6.45) is 6.05. The number of aryl methyl sites for hydroxylation is 2. The van der Waals surface area contributed by atoms with Crippen LogP contribution in [0.5, 0.6) is 0 Å². The number of carbonyl (C=O) groups is 1. The van der Waals surface area contributed by atoms with E-state index in [9.17, 15) is 4.79 Å². The van der Waals surface area contributed by atoms with Crippen molar-refractivity contribution in [3.63, 3.8) is 0 Å². The van der Waals surface area contributed by atoms with Crippen LogP contribution in [-0.2, 0) is 4.79 Å². The Morgan fingerprint density at radius 3 is 2.71 bits per heavy atom. The lowest BCUT2D eigenvalue weighted by atomic mass is 9.88. The number of rotatable bonds is 5. The highest BCUT2D eigenvalue weighted by Gasteiger charge is 2.46. The first-order valence-electron chi connectivity index (χ1n) is 12.2. The maximum Gasteiger partial charge on any atom is 0.231 e. The Balaban J connectivity index is 1.43. The summed E-state index contributed by atoms with van der Waals surface area (Å²) in [5, 5.41) is 5.81. The predicted octanol–water partition coefficient (Wildman–Crippen LogP) is 4.65. The van der Waals surface area contributed by atoms with Crippen LogP contribution in [0.15, 0.2) is 12.5 Å². The summed E-state index contributed by atoms with van der Waals surface area (Å²) in [6.45, 7) is 12.6. The van der Waals surface area contributed by atoms with E-state index in [1.165, 1.54) is 55.0 Å². The molecule has 1 aliphatic heterocycles. The van der Waals surface area contributed by atoms with Crippen LogP contribution in [0.1, 0.15) is 65.7 Å². The molecule has 7 nitrogen and oxygen atoms in total. The van der Waals surface area contributed by atoms with E-state index in [-0.39, 0.29) is 5.91 Å². The number of likely N-dealkylation sites (tertiary alicyclic amines) is 1. The minimum atomic E-state index is -0.214. The lowest BCUT2D eigenvalue weighted by molar-refractivity contribution is -0.119. The van der Waals surface area contributed by atoms with Gasteiger partial charge in [-0.2, -0.15) is 5.10 Å². The number of hydrogen-bond donors (Lipinski definition) is 2. The van der Waals surface area contributed by atoms with Crippen molar-refractivity contribution >= 4 is 33.1 Å². The molecular formula is C26H32N6OS. The van der Waals surface area contributed by atoms with Crippen molar-refractivity contribution in [2.45, 2.75) is 65.3 Å². The molecule has 5 heterocycles. The fourth-order valence-corrected chi connectivity index (χ4v) is 8.04. The summed E-state index contributed by atoms with van der Waals surface area (Å²) in [6, 6.07) is 0.488. The number of fused-ring (bicyclic) bond motifs is 4. The second-order valence-electron chi connectivity index (χ2n) is 10.6. The summed E-state index contributed by atoms with van der Waals surface area (Å²) in [7, 11) is 0. The molecule has 2 bridgehead atoms. The number of nitrogens with one attached hydrogen (secondary N) is 1. The minimum Gasteiger partial charge on any atom is -0.369 e. The Hall–Kier alpha value is -2.71. The van der Waals surface area contributed by atoms with E-state index >= 15 is 0 Å². The van der Waals surface area contributed by atoms with Crippen LogP contribution < -0.4 is 5.73 Å². The van der Waals surface area contributed by atoms with Gasteiger partial charge in [-0.25, -0.2) is 9.50 Å². The number of H-pyrrole nitrogens is 1. The number of amides is 1. The summed E-state index contributed by atoms with van der Waals surface area (Å²) in [5.74, 6) is 1.38. The fourth-order valence-electron chi connectivity index (χ4n) is 6.61. The van der Waals surface area contributed by atoms with E-state index in [4.69, 9.17) is 5.73 Å². The number of carbonyl (C=O) groups excluding carboxylic acids is 1. The van der Waals surface area contributed by atoms with Crippen molar-refractivity contribution in [3.8, 4) is 11.3 Å². The zero-order valence-electron chi connectivity index (χ0n) is 20.5. The molecule has 0 radical (unpaired) electrons. The van der Waals surface area contributed by atoms with Crippen molar-refractivity contribution in [3.05, 3.63) is 39.7 Å². The molecule has 2 aliphatic rings. The molecular weight excluding hydrogens is 444 g/mol. The Labute approximate surface area is 203 Å². The highest BCUT2D eigenvalue weighted by atomic mass is 32.1. The summed E-state index contributed by atoms with van der Waals surface area (Å²) >= 11 is 1.94. The number of nitrogens with two attached hydrogens (primary N) is 1. The van der Waals surface area contributed by atoms with Crippen molar-refractivity contribution in [2.24, 2.45) is 11.7 Å². The Kier molecular flexibility index (Phi) is 4.90. The van der Waals surface area contributed by atoms with Crippen molar-refractivity contribution in [1.29, 1.82) is 0 Å². The maximum absolute atomic E-state index is 11.4. The van der Waals surface area contributed by atoms with Crippen LogP contribution in [0, 0.1) is 26.7 Å². The molecule has 1 saturated heterocycles. The van der Waals surface area contributed by atoms with Gasteiger partial charge in [0.05, 0.1) is 12.2 Å². The number of pyridine rings is 1. The third-order valence-corrected chi connectivity index (χ3v) is 9.62. The van der Waals surface area contributed by atoms with Gasteiger partial charge in [0.15, 0.2) is 5.65 Å². The lowest BCUT2D eigenvalue weighted by Gasteiger charge is -2.30. The first-order chi connectivity index (χ1) is 16.2. The number of aromatic amines is 1. The molecule has 1 amide bonds. The van der Waals surface area contributed by atoms with Crippen LogP contribution in [0.4, 0.5) is 0 Å². The van der Waals surface area contributed by atoms with E-state index in [2.05, 4.69) is 60.8 Å². The predicted molar refractivity (Wildman–Crippen MR) is 136 cm³/mol. The van der Waals surface area contributed by atoms with Crippen LogP contribution in [0.25, 0.3) is 27.1 Å². The fraction of sp³-hybridized carbons (Fsp3) is 0.500. The smallest absolute Gasteiger partial charge is 0.231 e. The standard InChI is InChI=1S/C26H32N6OS/c1-12(2)21-22-15(5)24(18-7-17-6-16(18)8-31(17)10-20(27)33)34-26(22)30-23(21)19-9-32-25(28-11-29-32)14(4)13(19)3/h9,11-12,16-18,30H,6-8,10H2,1-5H3,(H2,27,33)/t16-,17?,18+/m0/s1. The normalized spacial score (nSPS) is 22.7. The Bertz CT molecular complexity index is 1440. The van der Waals surface area contributed by atoms with Gasteiger partial charge < -0.3 is 10.7 Å². The van der Waals surface area contributed by atoms with Crippen molar-refractivity contribution in [2.75, 3.05) is 13.1 Å². The van der Waals surface area contributed by atoms with Crippen molar-refractivity contribution < 1.29 is 4.79 Å². The molecule has 178 valence electrons. The Morgan fingerprint density at radius 1 is 1.24 bits per heavy atom. The summed E-state index contributed by atoms with van der Waals surface area (Å²) in [4.78, 5) is 24.8. The van der Waals surface area contributed by atoms with Gasteiger partial charge in [0.25, 0.3) is 0 Å². The quantitative estimate of drug-likeness (QED) is 0.438. The molecule has 6 rings (SSSR count). The van der Waals surface area contributed by atoms with Crippen LogP contribution in [0.3, 0.4) is 0 Å². The van der Waals surface area contributed by atoms with Gasteiger partial charge in [-0.05, 0) is 73.6 Å². The summed E-state index contributed by atoms with van der Waals surface area (Å²) < 4.78 is 1.89. The second kappa shape index (κ2) is 7.65. The number of piperidine rings is 1. The third-order valence-electron chi connectivity index (χ3n) is 8.28. The largest absolute Gasteiger partial charge is 0.369 e. The van der Waals surface area contributed by atoms with Gasteiger partial charge in [-0.3, -0.25) is 9.69 Å².